The van der Waals surface area contributed by atoms with Crippen molar-refractivity contribution >= 4 is 15.7 Å². The van der Waals surface area contributed by atoms with E-state index in [0.717, 1.165) is 5.56 Å². The Hall–Kier alpha value is -1.86. The molecule has 0 aliphatic carbocycles. The molecule has 0 unspecified atom stereocenters. The van der Waals surface area contributed by atoms with Crippen LogP contribution in [0, 0.1) is 13.8 Å². The number of hydrogen-bond donors (Lipinski definition) is 2. The van der Waals surface area contributed by atoms with Crippen LogP contribution >= 0.6 is 0 Å². The topological polar surface area (TPSA) is 98.2 Å². The number of anilines is 1. The summed E-state index contributed by atoms with van der Waals surface area (Å²) in [6.45, 7) is 3.63. The monoisotopic (exact) mass is 281 g/mol. The van der Waals surface area contributed by atoms with Crippen LogP contribution in [0.4, 0.5) is 5.69 Å². The maximum absolute atomic E-state index is 12.3. The lowest BCUT2D eigenvalue weighted by Crippen LogP contribution is -2.25. The molecule has 6 nitrogen and oxygen atoms in total. The number of benzene rings is 1. The summed E-state index contributed by atoms with van der Waals surface area (Å²) < 4.78 is 31.6. The summed E-state index contributed by atoms with van der Waals surface area (Å²) in [5, 5.41) is 3.64. The van der Waals surface area contributed by atoms with Gasteiger partial charge >= 0.3 is 0 Å². The van der Waals surface area contributed by atoms with Gasteiger partial charge in [0.15, 0.2) is 0 Å². The predicted octanol–water partition coefficient (Wildman–Crippen LogP) is 1.35. The minimum Gasteiger partial charge on any atom is -0.398 e. The quantitative estimate of drug-likeness (QED) is 0.824. The normalized spacial score (nSPS) is 11.7. The first-order valence-electron chi connectivity index (χ1n) is 5.66. The van der Waals surface area contributed by atoms with Crippen molar-refractivity contribution in [2.24, 2.45) is 0 Å². The number of rotatable bonds is 4. The van der Waals surface area contributed by atoms with Crippen molar-refractivity contribution < 1.29 is 12.9 Å². The molecule has 7 heteroatoms. The SMILES string of the molecule is Cc1ccc(N)c(S(=O)(=O)NCc2ccon2)c1C. The molecule has 0 spiro atoms. The number of aryl methyl sites for hydroxylation is 1. The molecule has 1 aromatic heterocycles. The molecule has 0 radical (unpaired) electrons. The van der Waals surface area contributed by atoms with Gasteiger partial charge in [-0.05, 0) is 31.0 Å². The van der Waals surface area contributed by atoms with Crippen molar-refractivity contribution in [1.29, 1.82) is 0 Å². The van der Waals surface area contributed by atoms with Crippen LogP contribution in [0.3, 0.4) is 0 Å². The van der Waals surface area contributed by atoms with E-state index < -0.39 is 10.0 Å². The first kappa shape index (κ1) is 13.6. The van der Waals surface area contributed by atoms with Crippen LogP contribution in [0.5, 0.6) is 0 Å². The second kappa shape index (κ2) is 5.02. The molecule has 1 heterocycles. The lowest BCUT2D eigenvalue weighted by molar-refractivity contribution is 0.411. The highest BCUT2D eigenvalue weighted by molar-refractivity contribution is 7.89. The van der Waals surface area contributed by atoms with E-state index in [1.807, 2.05) is 6.92 Å². The number of nitrogens with two attached hydrogens (primary N) is 1. The molecule has 2 rings (SSSR count). The standard InChI is InChI=1S/C12H15N3O3S/c1-8-3-4-11(13)12(9(8)2)19(16,17)14-7-10-5-6-18-15-10/h3-6,14H,7,13H2,1-2H3. The smallest absolute Gasteiger partial charge is 0.243 e. The summed E-state index contributed by atoms with van der Waals surface area (Å²) in [5.74, 6) is 0. The van der Waals surface area contributed by atoms with Gasteiger partial charge in [-0.3, -0.25) is 0 Å². The second-order valence-electron chi connectivity index (χ2n) is 4.24. The molecule has 0 fully saturated rings. The number of sulfonamides is 1. The number of nitrogen functional groups attached to an aromatic ring is 1. The third kappa shape index (κ3) is 2.77. The first-order chi connectivity index (χ1) is 8.92. The summed E-state index contributed by atoms with van der Waals surface area (Å²) in [6.07, 6.45) is 1.38. The van der Waals surface area contributed by atoms with E-state index in [-0.39, 0.29) is 17.1 Å². The van der Waals surface area contributed by atoms with Gasteiger partial charge in [-0.25, -0.2) is 13.1 Å². The van der Waals surface area contributed by atoms with Gasteiger partial charge in [0.1, 0.15) is 11.2 Å². The van der Waals surface area contributed by atoms with Crippen LogP contribution in [0.25, 0.3) is 0 Å². The summed E-state index contributed by atoms with van der Waals surface area (Å²) >= 11 is 0. The molecule has 19 heavy (non-hydrogen) atoms. The van der Waals surface area contributed by atoms with Crippen molar-refractivity contribution in [3.8, 4) is 0 Å². The van der Waals surface area contributed by atoms with Crippen LogP contribution in [-0.2, 0) is 16.6 Å². The molecular weight excluding hydrogens is 266 g/mol. The fraction of sp³-hybridized carbons (Fsp3) is 0.250. The van der Waals surface area contributed by atoms with E-state index in [2.05, 4.69) is 14.4 Å². The van der Waals surface area contributed by atoms with Crippen LogP contribution in [-0.4, -0.2) is 13.6 Å². The van der Waals surface area contributed by atoms with E-state index in [1.165, 1.54) is 6.26 Å². The van der Waals surface area contributed by atoms with E-state index in [9.17, 15) is 8.42 Å². The number of nitrogens with zero attached hydrogens (tertiary/aromatic N) is 1. The Balaban J connectivity index is 2.32. The number of hydrogen-bond acceptors (Lipinski definition) is 5. The lowest BCUT2D eigenvalue weighted by Gasteiger charge is -2.12. The van der Waals surface area contributed by atoms with Crippen LogP contribution in [0.2, 0.25) is 0 Å². The van der Waals surface area contributed by atoms with Gasteiger partial charge in [0, 0.05) is 6.07 Å². The van der Waals surface area contributed by atoms with Crippen molar-refractivity contribution in [2.45, 2.75) is 25.3 Å². The van der Waals surface area contributed by atoms with E-state index >= 15 is 0 Å². The van der Waals surface area contributed by atoms with Crippen molar-refractivity contribution in [3.05, 3.63) is 41.3 Å². The molecule has 2 aromatic rings. The molecule has 0 amide bonds. The zero-order valence-corrected chi connectivity index (χ0v) is 11.5. The minimum atomic E-state index is -3.68. The summed E-state index contributed by atoms with van der Waals surface area (Å²) in [7, 11) is -3.68. The van der Waals surface area contributed by atoms with E-state index in [4.69, 9.17) is 5.73 Å². The highest BCUT2D eigenvalue weighted by Gasteiger charge is 2.21. The maximum atomic E-state index is 12.3. The Morgan fingerprint density at radius 3 is 2.68 bits per heavy atom. The van der Waals surface area contributed by atoms with Gasteiger partial charge in [0.25, 0.3) is 0 Å². The fourth-order valence-corrected chi connectivity index (χ4v) is 3.16. The first-order valence-corrected chi connectivity index (χ1v) is 7.15. The average molecular weight is 281 g/mol. The van der Waals surface area contributed by atoms with Crippen molar-refractivity contribution in [2.75, 3.05) is 5.73 Å². The highest BCUT2D eigenvalue weighted by atomic mass is 32.2. The Bertz CT molecular complexity index is 678. The van der Waals surface area contributed by atoms with Gasteiger partial charge in [0.2, 0.25) is 10.0 Å². The Kier molecular flexibility index (Phi) is 3.59. The van der Waals surface area contributed by atoms with Gasteiger partial charge in [-0.15, -0.1) is 0 Å². The Labute approximate surface area is 111 Å². The zero-order chi connectivity index (χ0) is 14.0. The average Bonchev–Trinajstić information content (AvgIpc) is 2.85. The van der Waals surface area contributed by atoms with Crippen molar-refractivity contribution in [3.63, 3.8) is 0 Å². The molecular formula is C12H15N3O3S. The predicted molar refractivity (Wildman–Crippen MR) is 70.9 cm³/mol. The van der Waals surface area contributed by atoms with Crippen molar-refractivity contribution in [1.82, 2.24) is 9.88 Å². The molecule has 3 N–H and O–H groups in total. The summed E-state index contributed by atoms with van der Waals surface area (Å²) in [6, 6.07) is 4.98. The molecule has 0 aliphatic heterocycles. The van der Waals surface area contributed by atoms with Gasteiger partial charge in [-0.1, -0.05) is 11.2 Å². The van der Waals surface area contributed by atoms with E-state index in [1.54, 1.807) is 25.1 Å². The molecule has 0 saturated heterocycles. The largest absolute Gasteiger partial charge is 0.398 e. The van der Waals surface area contributed by atoms with Crippen LogP contribution in [0.1, 0.15) is 16.8 Å². The Morgan fingerprint density at radius 2 is 2.05 bits per heavy atom. The molecule has 0 bridgehead atoms. The number of aromatic nitrogens is 1. The molecule has 0 saturated carbocycles. The van der Waals surface area contributed by atoms with Crippen LogP contribution < -0.4 is 10.5 Å². The van der Waals surface area contributed by atoms with Gasteiger partial charge in [-0.2, -0.15) is 0 Å². The zero-order valence-electron chi connectivity index (χ0n) is 10.7. The van der Waals surface area contributed by atoms with Gasteiger partial charge < -0.3 is 10.3 Å². The van der Waals surface area contributed by atoms with Crippen LogP contribution in [0.15, 0.2) is 33.9 Å². The lowest BCUT2D eigenvalue weighted by atomic mass is 10.1. The minimum absolute atomic E-state index is 0.0612. The fourth-order valence-electron chi connectivity index (χ4n) is 1.74. The third-order valence-electron chi connectivity index (χ3n) is 2.91. The summed E-state index contributed by atoms with van der Waals surface area (Å²) in [4.78, 5) is 0.121. The molecule has 0 aliphatic rings. The molecule has 1 aromatic carbocycles. The molecule has 0 atom stereocenters. The second-order valence-corrected chi connectivity index (χ2v) is 5.94. The van der Waals surface area contributed by atoms with Gasteiger partial charge in [0.05, 0.1) is 17.9 Å². The Morgan fingerprint density at radius 1 is 1.32 bits per heavy atom. The number of nitrogens with one attached hydrogen (secondary N) is 1. The summed E-state index contributed by atoms with van der Waals surface area (Å²) in [5.41, 5.74) is 8.03. The third-order valence-corrected chi connectivity index (χ3v) is 4.51. The highest BCUT2D eigenvalue weighted by Crippen LogP contribution is 2.25. The maximum Gasteiger partial charge on any atom is 0.243 e. The molecule has 102 valence electrons. The van der Waals surface area contributed by atoms with E-state index in [0.29, 0.717) is 11.3 Å².